The topological polar surface area (TPSA) is 66.0 Å². The lowest BCUT2D eigenvalue weighted by Crippen LogP contribution is -2.33. The first-order chi connectivity index (χ1) is 8.69. The van der Waals surface area contributed by atoms with E-state index in [-0.39, 0.29) is 5.56 Å². The number of benzene rings is 1. The summed E-state index contributed by atoms with van der Waals surface area (Å²) in [4.78, 5) is 19.1. The number of rotatable bonds is 1. The minimum absolute atomic E-state index is 0.172. The van der Waals surface area contributed by atoms with Crippen LogP contribution in [0.4, 0.5) is 0 Å². The highest BCUT2D eigenvalue weighted by atomic mass is 16.3. The van der Waals surface area contributed by atoms with Crippen LogP contribution >= 0.6 is 0 Å². The van der Waals surface area contributed by atoms with Gasteiger partial charge in [-0.1, -0.05) is 31.4 Å². The molecule has 1 aliphatic carbocycles. The zero-order valence-corrected chi connectivity index (χ0v) is 10.1. The minimum Gasteiger partial charge on any atom is -0.382 e. The van der Waals surface area contributed by atoms with E-state index in [9.17, 15) is 9.90 Å². The second-order valence-corrected chi connectivity index (χ2v) is 5.02. The number of aromatic nitrogens is 2. The molecule has 1 aliphatic rings. The molecule has 1 saturated carbocycles. The van der Waals surface area contributed by atoms with E-state index in [4.69, 9.17) is 0 Å². The Labute approximate surface area is 105 Å². The lowest BCUT2D eigenvalue weighted by atomic mass is 9.84. The summed E-state index contributed by atoms with van der Waals surface area (Å²) < 4.78 is 0. The van der Waals surface area contributed by atoms with Gasteiger partial charge in [0.25, 0.3) is 5.56 Å². The third kappa shape index (κ3) is 1.82. The summed E-state index contributed by atoms with van der Waals surface area (Å²) in [6.07, 6.45) is 4.45. The van der Waals surface area contributed by atoms with E-state index in [2.05, 4.69) is 9.97 Å². The average Bonchev–Trinajstić information content (AvgIpc) is 2.39. The van der Waals surface area contributed by atoms with Crippen molar-refractivity contribution in [3.63, 3.8) is 0 Å². The van der Waals surface area contributed by atoms with Gasteiger partial charge in [-0.05, 0) is 25.0 Å². The van der Waals surface area contributed by atoms with Gasteiger partial charge in [-0.2, -0.15) is 0 Å². The van der Waals surface area contributed by atoms with Crippen molar-refractivity contribution in [1.82, 2.24) is 9.97 Å². The summed E-state index contributed by atoms with van der Waals surface area (Å²) in [6, 6.07) is 7.22. The summed E-state index contributed by atoms with van der Waals surface area (Å²) >= 11 is 0. The molecule has 2 aromatic rings. The number of nitrogens with one attached hydrogen (secondary N) is 1. The van der Waals surface area contributed by atoms with Gasteiger partial charge in [-0.25, -0.2) is 4.98 Å². The van der Waals surface area contributed by atoms with Crippen LogP contribution in [-0.4, -0.2) is 15.1 Å². The molecule has 0 atom stereocenters. The standard InChI is InChI=1S/C14H16N2O2/c17-12-10-6-2-3-7-11(10)15-13(16-12)14(18)8-4-1-5-9-14/h2-3,6-7,18H,1,4-5,8-9H2,(H,15,16,17). The molecule has 1 aromatic carbocycles. The SMILES string of the molecule is O=c1[nH]c(C2(O)CCCCC2)nc2ccccc12. The molecule has 0 amide bonds. The van der Waals surface area contributed by atoms with Crippen molar-refractivity contribution in [3.05, 3.63) is 40.4 Å². The monoisotopic (exact) mass is 244 g/mol. The molecular weight excluding hydrogens is 228 g/mol. The Bertz CT molecular complexity index is 627. The Balaban J connectivity index is 2.15. The largest absolute Gasteiger partial charge is 0.382 e. The minimum atomic E-state index is -0.957. The zero-order valence-electron chi connectivity index (χ0n) is 10.1. The number of aromatic amines is 1. The van der Waals surface area contributed by atoms with E-state index in [1.807, 2.05) is 12.1 Å². The number of fused-ring (bicyclic) bond motifs is 1. The third-order valence-corrected chi connectivity index (χ3v) is 3.73. The van der Waals surface area contributed by atoms with Crippen LogP contribution in [0, 0.1) is 0 Å². The van der Waals surface area contributed by atoms with Crippen molar-refractivity contribution in [2.75, 3.05) is 0 Å². The average molecular weight is 244 g/mol. The molecule has 0 bridgehead atoms. The molecule has 0 spiro atoms. The molecule has 1 heterocycles. The van der Waals surface area contributed by atoms with E-state index in [0.29, 0.717) is 29.6 Å². The van der Waals surface area contributed by atoms with E-state index in [1.165, 1.54) is 0 Å². The molecule has 1 aromatic heterocycles. The maximum atomic E-state index is 12.0. The molecule has 0 saturated heterocycles. The van der Waals surface area contributed by atoms with Crippen LogP contribution in [-0.2, 0) is 5.60 Å². The van der Waals surface area contributed by atoms with Gasteiger partial charge in [0.2, 0.25) is 0 Å². The highest BCUT2D eigenvalue weighted by Gasteiger charge is 2.33. The third-order valence-electron chi connectivity index (χ3n) is 3.73. The Morgan fingerprint density at radius 2 is 1.89 bits per heavy atom. The van der Waals surface area contributed by atoms with Gasteiger partial charge >= 0.3 is 0 Å². The summed E-state index contributed by atoms with van der Waals surface area (Å²) in [5, 5.41) is 11.2. The summed E-state index contributed by atoms with van der Waals surface area (Å²) in [6.45, 7) is 0. The van der Waals surface area contributed by atoms with Gasteiger partial charge in [-0.15, -0.1) is 0 Å². The first kappa shape index (κ1) is 11.4. The van der Waals surface area contributed by atoms with Gasteiger partial charge in [0, 0.05) is 0 Å². The number of hydrogen-bond acceptors (Lipinski definition) is 3. The van der Waals surface area contributed by atoms with Crippen molar-refractivity contribution < 1.29 is 5.11 Å². The Kier molecular flexibility index (Phi) is 2.67. The fourth-order valence-corrected chi connectivity index (χ4v) is 2.68. The number of para-hydroxylation sites is 1. The predicted octanol–water partition coefficient (Wildman–Crippen LogP) is 2.07. The molecule has 0 radical (unpaired) electrons. The maximum absolute atomic E-state index is 12.0. The fraction of sp³-hybridized carbons (Fsp3) is 0.429. The predicted molar refractivity (Wildman–Crippen MR) is 69.3 cm³/mol. The van der Waals surface area contributed by atoms with Crippen molar-refractivity contribution in [3.8, 4) is 0 Å². The molecule has 0 unspecified atom stereocenters. The first-order valence-corrected chi connectivity index (χ1v) is 6.41. The van der Waals surface area contributed by atoms with Gasteiger partial charge in [0.1, 0.15) is 11.4 Å². The molecular formula is C14H16N2O2. The van der Waals surface area contributed by atoms with Crippen LogP contribution in [0.1, 0.15) is 37.9 Å². The van der Waals surface area contributed by atoms with E-state index in [1.54, 1.807) is 12.1 Å². The molecule has 1 fully saturated rings. The summed E-state index contributed by atoms with van der Waals surface area (Å²) in [5.41, 5.74) is -0.480. The normalized spacial score (nSPS) is 18.9. The van der Waals surface area contributed by atoms with Crippen LogP contribution in [0.5, 0.6) is 0 Å². The zero-order chi connectivity index (χ0) is 12.6. The van der Waals surface area contributed by atoms with Crippen molar-refractivity contribution in [2.24, 2.45) is 0 Å². The Morgan fingerprint density at radius 1 is 1.17 bits per heavy atom. The number of nitrogens with zero attached hydrogens (tertiary/aromatic N) is 1. The highest BCUT2D eigenvalue weighted by Crippen LogP contribution is 2.34. The fourth-order valence-electron chi connectivity index (χ4n) is 2.68. The maximum Gasteiger partial charge on any atom is 0.258 e. The van der Waals surface area contributed by atoms with Crippen molar-refractivity contribution >= 4 is 10.9 Å². The summed E-state index contributed by atoms with van der Waals surface area (Å²) in [5.74, 6) is 0.422. The molecule has 94 valence electrons. The number of hydrogen-bond donors (Lipinski definition) is 2. The van der Waals surface area contributed by atoms with E-state index >= 15 is 0 Å². The van der Waals surface area contributed by atoms with Crippen LogP contribution in [0.15, 0.2) is 29.1 Å². The number of aliphatic hydroxyl groups is 1. The van der Waals surface area contributed by atoms with Crippen molar-refractivity contribution in [1.29, 1.82) is 0 Å². The second kappa shape index (κ2) is 4.21. The van der Waals surface area contributed by atoms with Crippen LogP contribution in [0.3, 0.4) is 0 Å². The van der Waals surface area contributed by atoms with Crippen LogP contribution < -0.4 is 5.56 Å². The number of H-pyrrole nitrogens is 1. The Morgan fingerprint density at radius 3 is 2.67 bits per heavy atom. The van der Waals surface area contributed by atoms with E-state index in [0.717, 1.165) is 19.3 Å². The smallest absolute Gasteiger partial charge is 0.258 e. The molecule has 4 heteroatoms. The van der Waals surface area contributed by atoms with Gasteiger partial charge in [0.05, 0.1) is 10.9 Å². The summed E-state index contributed by atoms with van der Waals surface area (Å²) in [7, 11) is 0. The quantitative estimate of drug-likeness (QED) is 0.807. The van der Waals surface area contributed by atoms with Gasteiger partial charge in [-0.3, -0.25) is 4.79 Å². The Hall–Kier alpha value is -1.68. The molecule has 0 aliphatic heterocycles. The highest BCUT2D eigenvalue weighted by molar-refractivity contribution is 5.77. The molecule has 18 heavy (non-hydrogen) atoms. The second-order valence-electron chi connectivity index (χ2n) is 5.02. The molecule has 2 N–H and O–H groups in total. The first-order valence-electron chi connectivity index (χ1n) is 6.41. The van der Waals surface area contributed by atoms with Crippen LogP contribution in [0.25, 0.3) is 10.9 Å². The molecule has 3 rings (SSSR count). The lowest BCUT2D eigenvalue weighted by Gasteiger charge is -2.30. The van der Waals surface area contributed by atoms with Gasteiger partial charge < -0.3 is 10.1 Å². The van der Waals surface area contributed by atoms with Crippen molar-refractivity contribution in [2.45, 2.75) is 37.7 Å². The molecule has 4 nitrogen and oxygen atoms in total. The van der Waals surface area contributed by atoms with Crippen LogP contribution in [0.2, 0.25) is 0 Å². The lowest BCUT2D eigenvalue weighted by molar-refractivity contribution is -0.00881. The van der Waals surface area contributed by atoms with Gasteiger partial charge in [0.15, 0.2) is 0 Å². The van der Waals surface area contributed by atoms with E-state index < -0.39 is 5.60 Å².